The first kappa shape index (κ1) is 19.9. The van der Waals surface area contributed by atoms with E-state index < -0.39 is 11.9 Å². The molecule has 0 saturated heterocycles. The van der Waals surface area contributed by atoms with Crippen molar-refractivity contribution in [3.63, 3.8) is 0 Å². The normalized spacial score (nSPS) is 10.1. The molecule has 0 heterocycles. The number of methoxy groups -OCH3 is 1. The van der Waals surface area contributed by atoms with Crippen molar-refractivity contribution in [1.82, 2.24) is 0 Å². The highest BCUT2D eigenvalue weighted by molar-refractivity contribution is 5.90. The summed E-state index contributed by atoms with van der Waals surface area (Å²) in [6.45, 7) is 0.199. The summed E-state index contributed by atoms with van der Waals surface area (Å²) in [7, 11) is 1.28. The van der Waals surface area contributed by atoms with Gasteiger partial charge in [0, 0.05) is 0 Å². The Kier molecular flexibility index (Phi) is 6.84. The molecule has 0 atom stereocenters. The van der Waals surface area contributed by atoms with Gasteiger partial charge in [-0.05, 0) is 48.0 Å². The van der Waals surface area contributed by atoms with E-state index in [-0.39, 0.29) is 12.4 Å². The molecule has 6 nitrogen and oxygen atoms in total. The predicted octanol–water partition coefficient (Wildman–Crippen LogP) is 4.04. The van der Waals surface area contributed by atoms with Crippen LogP contribution in [0.1, 0.15) is 15.9 Å². The third-order valence-electron chi connectivity index (χ3n) is 3.92. The fraction of sp³-hybridized carbons (Fsp3) is 0.130. The van der Waals surface area contributed by atoms with Crippen molar-refractivity contribution >= 4 is 11.9 Å². The van der Waals surface area contributed by atoms with Crippen molar-refractivity contribution in [2.75, 3.05) is 13.7 Å². The van der Waals surface area contributed by atoms with Gasteiger partial charge in [0.25, 0.3) is 0 Å². The van der Waals surface area contributed by atoms with Gasteiger partial charge in [-0.2, -0.15) is 0 Å². The van der Waals surface area contributed by atoms with Crippen LogP contribution in [-0.4, -0.2) is 25.7 Å². The minimum Gasteiger partial charge on any atom is -0.489 e. The zero-order valence-corrected chi connectivity index (χ0v) is 15.9. The van der Waals surface area contributed by atoms with Gasteiger partial charge in [-0.1, -0.05) is 36.4 Å². The number of benzene rings is 3. The van der Waals surface area contributed by atoms with E-state index in [1.165, 1.54) is 13.2 Å². The Balaban J connectivity index is 1.47. The maximum atomic E-state index is 12.0. The maximum absolute atomic E-state index is 12.0. The van der Waals surface area contributed by atoms with Crippen LogP contribution in [-0.2, 0) is 16.1 Å². The van der Waals surface area contributed by atoms with Gasteiger partial charge in [-0.3, -0.25) is 0 Å². The standard InChI is InChI=1S/C23H20O6/c1-26-23(25)18-8-5-9-21(14-18)29-22(24)16-28-20-12-10-19(11-13-20)27-15-17-6-3-2-4-7-17/h2-14H,15-16H2,1H3. The summed E-state index contributed by atoms with van der Waals surface area (Å²) in [5.74, 6) is 0.358. The minimum atomic E-state index is -0.587. The monoisotopic (exact) mass is 392 g/mol. The molecule has 0 bridgehead atoms. The molecule has 0 aliphatic rings. The van der Waals surface area contributed by atoms with Crippen LogP contribution in [0.3, 0.4) is 0 Å². The second kappa shape index (κ2) is 9.94. The van der Waals surface area contributed by atoms with Gasteiger partial charge in [0.15, 0.2) is 6.61 Å². The molecule has 3 aromatic rings. The van der Waals surface area contributed by atoms with E-state index in [2.05, 4.69) is 4.74 Å². The average Bonchev–Trinajstić information content (AvgIpc) is 2.77. The molecule has 3 aromatic carbocycles. The molecule has 0 aromatic heterocycles. The zero-order valence-electron chi connectivity index (χ0n) is 15.9. The number of carbonyl (C=O) groups is 2. The van der Waals surface area contributed by atoms with Gasteiger partial charge in [-0.25, -0.2) is 9.59 Å². The molecule has 3 rings (SSSR count). The van der Waals surface area contributed by atoms with E-state index in [4.69, 9.17) is 14.2 Å². The van der Waals surface area contributed by atoms with Gasteiger partial charge in [0.2, 0.25) is 0 Å². The van der Waals surface area contributed by atoms with E-state index in [0.29, 0.717) is 23.7 Å². The highest BCUT2D eigenvalue weighted by Crippen LogP contribution is 2.19. The lowest BCUT2D eigenvalue weighted by Gasteiger charge is -2.09. The molecule has 0 unspecified atom stereocenters. The molecule has 6 heteroatoms. The van der Waals surface area contributed by atoms with Gasteiger partial charge in [0.1, 0.15) is 23.9 Å². The summed E-state index contributed by atoms with van der Waals surface area (Å²) in [5, 5.41) is 0. The van der Waals surface area contributed by atoms with Crippen LogP contribution < -0.4 is 14.2 Å². The second-order valence-electron chi connectivity index (χ2n) is 6.03. The summed E-state index contributed by atoms with van der Waals surface area (Å²) in [6.07, 6.45) is 0. The van der Waals surface area contributed by atoms with Crippen molar-refractivity contribution < 1.29 is 28.5 Å². The molecule has 0 amide bonds. The average molecular weight is 392 g/mol. The van der Waals surface area contributed by atoms with Crippen LogP contribution in [0, 0.1) is 0 Å². The third kappa shape index (κ3) is 6.10. The molecule has 0 spiro atoms. The summed E-state index contributed by atoms with van der Waals surface area (Å²) < 4.78 is 21.0. The summed E-state index contributed by atoms with van der Waals surface area (Å²) in [4.78, 5) is 23.5. The van der Waals surface area contributed by atoms with Crippen molar-refractivity contribution in [3.8, 4) is 17.2 Å². The van der Waals surface area contributed by atoms with Crippen molar-refractivity contribution in [2.45, 2.75) is 6.61 Å². The van der Waals surface area contributed by atoms with E-state index in [9.17, 15) is 9.59 Å². The fourth-order valence-corrected chi connectivity index (χ4v) is 2.48. The molecule has 148 valence electrons. The summed E-state index contributed by atoms with van der Waals surface area (Å²) in [6, 6.07) is 23.0. The smallest absolute Gasteiger partial charge is 0.349 e. The molecule has 0 radical (unpaired) electrons. The minimum absolute atomic E-state index is 0.242. The fourth-order valence-electron chi connectivity index (χ4n) is 2.48. The number of hydrogen-bond acceptors (Lipinski definition) is 6. The third-order valence-corrected chi connectivity index (χ3v) is 3.92. The number of rotatable bonds is 8. The van der Waals surface area contributed by atoms with Crippen molar-refractivity contribution in [3.05, 3.63) is 90.0 Å². The van der Waals surface area contributed by atoms with Gasteiger partial charge in [-0.15, -0.1) is 0 Å². The number of hydrogen-bond donors (Lipinski definition) is 0. The SMILES string of the molecule is COC(=O)c1cccc(OC(=O)COc2ccc(OCc3ccccc3)cc2)c1. The Labute approximate surface area is 168 Å². The Hall–Kier alpha value is -3.80. The van der Waals surface area contributed by atoms with Crippen molar-refractivity contribution in [1.29, 1.82) is 0 Å². The van der Waals surface area contributed by atoms with E-state index >= 15 is 0 Å². The quantitative estimate of drug-likeness (QED) is 0.426. The van der Waals surface area contributed by atoms with Crippen LogP contribution in [0.4, 0.5) is 0 Å². The maximum Gasteiger partial charge on any atom is 0.349 e. The number of esters is 2. The molecule has 0 fully saturated rings. The van der Waals surface area contributed by atoms with Crippen LogP contribution in [0.15, 0.2) is 78.9 Å². The molecular weight excluding hydrogens is 372 g/mol. The molecule has 0 N–H and O–H groups in total. The van der Waals surface area contributed by atoms with E-state index in [1.54, 1.807) is 42.5 Å². The Morgan fingerprint density at radius 2 is 1.45 bits per heavy atom. The summed E-state index contributed by atoms with van der Waals surface area (Å²) >= 11 is 0. The highest BCUT2D eigenvalue weighted by atomic mass is 16.6. The lowest BCUT2D eigenvalue weighted by molar-refractivity contribution is -0.136. The first-order valence-electron chi connectivity index (χ1n) is 8.92. The first-order chi connectivity index (χ1) is 14.1. The number of carbonyl (C=O) groups excluding carboxylic acids is 2. The topological polar surface area (TPSA) is 71.1 Å². The zero-order chi connectivity index (χ0) is 20.5. The predicted molar refractivity (Wildman–Crippen MR) is 106 cm³/mol. The van der Waals surface area contributed by atoms with E-state index in [0.717, 1.165) is 5.56 Å². The molecule has 0 aliphatic heterocycles. The molecule has 0 saturated carbocycles. The lowest BCUT2D eigenvalue weighted by Crippen LogP contribution is -2.17. The second-order valence-corrected chi connectivity index (χ2v) is 6.03. The molecule has 29 heavy (non-hydrogen) atoms. The van der Waals surface area contributed by atoms with Gasteiger partial charge < -0.3 is 18.9 Å². The van der Waals surface area contributed by atoms with Crippen LogP contribution in [0.5, 0.6) is 17.2 Å². The molecule has 0 aliphatic carbocycles. The van der Waals surface area contributed by atoms with Gasteiger partial charge in [0.05, 0.1) is 12.7 Å². The Bertz CT molecular complexity index is 951. The first-order valence-corrected chi connectivity index (χ1v) is 8.92. The van der Waals surface area contributed by atoms with Crippen LogP contribution >= 0.6 is 0 Å². The summed E-state index contributed by atoms with van der Waals surface area (Å²) in [5.41, 5.74) is 1.37. The number of ether oxygens (including phenoxy) is 4. The largest absolute Gasteiger partial charge is 0.489 e. The molecular formula is C23H20O6. The van der Waals surface area contributed by atoms with Crippen molar-refractivity contribution in [2.24, 2.45) is 0 Å². The Morgan fingerprint density at radius 1 is 0.759 bits per heavy atom. The lowest BCUT2D eigenvalue weighted by atomic mass is 10.2. The van der Waals surface area contributed by atoms with E-state index in [1.807, 2.05) is 30.3 Å². The van der Waals surface area contributed by atoms with Gasteiger partial charge >= 0.3 is 11.9 Å². The van der Waals surface area contributed by atoms with Crippen LogP contribution in [0.2, 0.25) is 0 Å². The highest BCUT2D eigenvalue weighted by Gasteiger charge is 2.10. The Morgan fingerprint density at radius 3 is 2.14 bits per heavy atom. The van der Waals surface area contributed by atoms with Crippen LogP contribution in [0.25, 0.3) is 0 Å².